The largest absolute Gasteiger partial charge is 0.342 e. The van der Waals surface area contributed by atoms with Gasteiger partial charge in [0.15, 0.2) is 5.78 Å². The Hall–Kier alpha value is -1.29. The summed E-state index contributed by atoms with van der Waals surface area (Å²) in [4.78, 5) is 19.9. The topological polar surface area (TPSA) is 45.8 Å². The molecule has 102 valence electrons. The number of carbonyl (C=O) groups excluding carboxylic acids is 1. The van der Waals surface area contributed by atoms with E-state index in [0.717, 1.165) is 22.4 Å². The number of H-pyrrole nitrogens is 1. The van der Waals surface area contributed by atoms with Crippen molar-refractivity contribution < 1.29 is 4.79 Å². The van der Waals surface area contributed by atoms with E-state index in [0.29, 0.717) is 16.9 Å². The van der Waals surface area contributed by atoms with Crippen LogP contribution in [-0.4, -0.2) is 26.8 Å². The van der Waals surface area contributed by atoms with E-state index < -0.39 is 0 Å². The Kier molecular flexibility index (Phi) is 4.30. The van der Waals surface area contributed by atoms with Crippen molar-refractivity contribution in [2.75, 3.05) is 5.75 Å². The first-order valence-electron chi connectivity index (χ1n) is 6.62. The molecule has 1 aromatic carbocycles. The first-order valence-corrected chi connectivity index (χ1v) is 7.66. The predicted octanol–water partition coefficient (Wildman–Crippen LogP) is 4.01. The van der Waals surface area contributed by atoms with E-state index in [1.165, 1.54) is 0 Å². The summed E-state index contributed by atoms with van der Waals surface area (Å²) in [5.41, 5.74) is 2.64. The molecule has 0 atom stereocenters. The molecule has 0 radical (unpaired) electrons. The Morgan fingerprint density at radius 3 is 2.68 bits per heavy atom. The maximum absolute atomic E-state index is 12.1. The number of benzene rings is 1. The summed E-state index contributed by atoms with van der Waals surface area (Å²) in [5.74, 6) is 2.05. The lowest BCUT2D eigenvalue weighted by Crippen LogP contribution is -2.04. The Morgan fingerprint density at radius 2 is 2.05 bits per heavy atom. The minimum Gasteiger partial charge on any atom is -0.342 e. The predicted molar refractivity (Wildman–Crippen MR) is 82.1 cm³/mol. The van der Waals surface area contributed by atoms with Gasteiger partial charge in [-0.1, -0.05) is 27.7 Å². The molecule has 1 aromatic heterocycles. The number of ketones is 1. The van der Waals surface area contributed by atoms with Gasteiger partial charge in [0, 0.05) is 11.5 Å². The number of nitrogens with one attached hydrogen (secondary N) is 1. The van der Waals surface area contributed by atoms with Crippen LogP contribution in [0.5, 0.6) is 0 Å². The molecule has 0 spiro atoms. The molecule has 0 unspecified atom stereocenters. The van der Waals surface area contributed by atoms with Gasteiger partial charge in [0.1, 0.15) is 5.82 Å². The molecule has 4 heteroatoms. The van der Waals surface area contributed by atoms with Crippen LogP contribution in [0.25, 0.3) is 11.0 Å². The third-order valence-electron chi connectivity index (χ3n) is 2.92. The van der Waals surface area contributed by atoms with E-state index in [-0.39, 0.29) is 5.78 Å². The molecular formula is C15H20N2OS. The number of thioether (sulfide) groups is 1. The summed E-state index contributed by atoms with van der Waals surface area (Å²) in [7, 11) is 0. The summed E-state index contributed by atoms with van der Waals surface area (Å²) in [6.07, 6.45) is 0. The van der Waals surface area contributed by atoms with Crippen LogP contribution in [-0.2, 0) is 0 Å². The molecule has 0 aliphatic rings. The summed E-state index contributed by atoms with van der Waals surface area (Å²) < 4.78 is 0. The number of rotatable bonds is 5. The highest BCUT2D eigenvalue weighted by molar-refractivity contribution is 8.00. The van der Waals surface area contributed by atoms with Crippen LogP contribution in [0.15, 0.2) is 18.2 Å². The molecular weight excluding hydrogens is 256 g/mol. The van der Waals surface area contributed by atoms with Gasteiger partial charge in [0.05, 0.1) is 16.8 Å². The lowest BCUT2D eigenvalue weighted by Gasteiger charge is -2.04. The van der Waals surface area contributed by atoms with Crippen LogP contribution in [0.2, 0.25) is 0 Å². The van der Waals surface area contributed by atoms with Gasteiger partial charge in [-0.3, -0.25) is 4.79 Å². The smallest absolute Gasteiger partial charge is 0.172 e. The van der Waals surface area contributed by atoms with E-state index in [4.69, 9.17) is 0 Å². The van der Waals surface area contributed by atoms with Crippen molar-refractivity contribution in [2.45, 2.75) is 38.9 Å². The number of hydrogen-bond donors (Lipinski definition) is 1. The third-order valence-corrected chi connectivity index (χ3v) is 4.01. The Labute approximate surface area is 118 Å². The van der Waals surface area contributed by atoms with Gasteiger partial charge in [-0.25, -0.2) is 4.98 Å². The molecule has 2 rings (SSSR count). The fourth-order valence-electron chi connectivity index (χ4n) is 1.80. The highest BCUT2D eigenvalue weighted by Crippen LogP contribution is 2.20. The Bertz CT molecular complexity index is 587. The van der Waals surface area contributed by atoms with Crippen molar-refractivity contribution in [3.05, 3.63) is 29.6 Å². The fraction of sp³-hybridized carbons (Fsp3) is 0.467. The first kappa shape index (κ1) is 14.1. The fourth-order valence-corrected chi connectivity index (χ4v) is 2.45. The average molecular weight is 276 g/mol. The van der Waals surface area contributed by atoms with Crippen molar-refractivity contribution >= 4 is 28.6 Å². The molecule has 0 aliphatic carbocycles. The summed E-state index contributed by atoms with van der Waals surface area (Å²) >= 11 is 1.67. The minimum absolute atomic E-state index is 0.182. The van der Waals surface area contributed by atoms with Crippen LogP contribution < -0.4 is 0 Å². The summed E-state index contributed by atoms with van der Waals surface area (Å²) in [5, 5.41) is 0.479. The zero-order valence-electron chi connectivity index (χ0n) is 11.9. The molecule has 0 saturated carbocycles. The van der Waals surface area contributed by atoms with Crippen molar-refractivity contribution in [3.8, 4) is 0 Å². The van der Waals surface area contributed by atoms with Crippen molar-refractivity contribution in [3.63, 3.8) is 0 Å². The number of nitrogens with zero attached hydrogens (tertiary/aromatic N) is 1. The second kappa shape index (κ2) is 5.78. The van der Waals surface area contributed by atoms with Crippen LogP contribution in [0, 0.1) is 0 Å². The van der Waals surface area contributed by atoms with Gasteiger partial charge in [0.25, 0.3) is 0 Å². The number of aromatic nitrogens is 2. The normalized spacial score (nSPS) is 11.7. The summed E-state index contributed by atoms with van der Waals surface area (Å²) in [6, 6.07) is 5.71. The van der Waals surface area contributed by atoms with E-state index in [2.05, 4.69) is 37.7 Å². The highest BCUT2D eigenvalue weighted by atomic mass is 32.2. The van der Waals surface area contributed by atoms with E-state index in [1.807, 2.05) is 18.2 Å². The molecule has 1 heterocycles. The summed E-state index contributed by atoms with van der Waals surface area (Å²) in [6.45, 7) is 8.40. The van der Waals surface area contributed by atoms with Crippen LogP contribution >= 0.6 is 11.8 Å². The van der Waals surface area contributed by atoms with Crippen LogP contribution in [0.1, 0.15) is 49.8 Å². The van der Waals surface area contributed by atoms with Crippen LogP contribution in [0.3, 0.4) is 0 Å². The zero-order chi connectivity index (χ0) is 14.0. The molecule has 0 aliphatic heterocycles. The van der Waals surface area contributed by atoms with E-state index >= 15 is 0 Å². The SMILES string of the molecule is CC(C)SCC(=O)c1ccc2nc(C(C)C)[nH]c2c1. The van der Waals surface area contributed by atoms with E-state index in [1.54, 1.807) is 11.8 Å². The van der Waals surface area contributed by atoms with Crippen molar-refractivity contribution in [1.82, 2.24) is 9.97 Å². The molecule has 1 N–H and O–H groups in total. The number of fused-ring (bicyclic) bond motifs is 1. The van der Waals surface area contributed by atoms with Gasteiger partial charge >= 0.3 is 0 Å². The molecule has 0 bridgehead atoms. The van der Waals surface area contributed by atoms with Gasteiger partial charge in [-0.05, 0) is 23.4 Å². The zero-order valence-corrected chi connectivity index (χ0v) is 12.7. The second-order valence-corrected chi connectivity index (χ2v) is 6.86. The van der Waals surface area contributed by atoms with Gasteiger partial charge < -0.3 is 4.98 Å². The van der Waals surface area contributed by atoms with Crippen molar-refractivity contribution in [1.29, 1.82) is 0 Å². The molecule has 19 heavy (non-hydrogen) atoms. The lowest BCUT2D eigenvalue weighted by atomic mass is 10.1. The lowest BCUT2D eigenvalue weighted by molar-refractivity contribution is 0.102. The number of aromatic amines is 1. The average Bonchev–Trinajstić information content (AvgIpc) is 2.78. The van der Waals surface area contributed by atoms with Crippen LogP contribution in [0.4, 0.5) is 0 Å². The standard InChI is InChI=1S/C15H20N2OS/c1-9(2)15-16-12-6-5-11(7-13(12)17-15)14(18)8-19-10(3)4/h5-7,9-10H,8H2,1-4H3,(H,16,17). The van der Waals surface area contributed by atoms with Gasteiger partial charge in [-0.2, -0.15) is 11.8 Å². The minimum atomic E-state index is 0.182. The third kappa shape index (κ3) is 3.38. The molecule has 0 amide bonds. The maximum atomic E-state index is 12.1. The highest BCUT2D eigenvalue weighted by Gasteiger charge is 2.11. The first-order chi connectivity index (χ1) is 8.97. The molecule has 3 nitrogen and oxygen atoms in total. The van der Waals surface area contributed by atoms with Gasteiger partial charge in [0.2, 0.25) is 0 Å². The number of carbonyl (C=O) groups is 1. The van der Waals surface area contributed by atoms with Gasteiger partial charge in [-0.15, -0.1) is 0 Å². The monoisotopic (exact) mass is 276 g/mol. The molecule has 0 saturated heterocycles. The number of imidazole rings is 1. The molecule has 0 fully saturated rings. The number of Topliss-reactive ketones (excluding diaryl/α,β-unsaturated/α-hetero) is 1. The Morgan fingerprint density at radius 1 is 1.32 bits per heavy atom. The quantitative estimate of drug-likeness (QED) is 0.839. The van der Waals surface area contributed by atoms with E-state index in [9.17, 15) is 4.79 Å². The maximum Gasteiger partial charge on any atom is 0.172 e. The van der Waals surface area contributed by atoms with Crippen molar-refractivity contribution in [2.24, 2.45) is 0 Å². The Balaban J connectivity index is 2.23. The number of hydrogen-bond acceptors (Lipinski definition) is 3. The molecule has 2 aromatic rings. The second-order valence-electron chi connectivity index (χ2n) is 5.29.